The molecule has 2 aromatic heterocycles. The summed E-state index contributed by atoms with van der Waals surface area (Å²) < 4.78 is 0. The lowest BCUT2D eigenvalue weighted by Crippen LogP contribution is -2.49. The summed E-state index contributed by atoms with van der Waals surface area (Å²) in [6.07, 6.45) is 0. The highest BCUT2D eigenvalue weighted by molar-refractivity contribution is 7.09. The topological polar surface area (TPSA) is 64.7 Å². The molecule has 2 amide bonds. The molecule has 3 heterocycles. The van der Waals surface area contributed by atoms with Crippen LogP contribution in [-0.4, -0.2) is 61.4 Å². The monoisotopic (exact) mass is 392 g/mol. The Hall–Kier alpha value is -1.74. The summed E-state index contributed by atoms with van der Waals surface area (Å²) in [6, 6.07) is 6.05. The van der Waals surface area contributed by atoms with Crippen LogP contribution in [0.25, 0.3) is 0 Å². The summed E-state index contributed by atoms with van der Waals surface area (Å²) in [4.78, 5) is 29.9. The molecule has 1 unspecified atom stereocenters. The number of carbonyl (C=O) groups is 2. The van der Waals surface area contributed by atoms with E-state index in [1.54, 1.807) is 22.7 Å². The first-order chi connectivity index (χ1) is 12.6. The van der Waals surface area contributed by atoms with Crippen LogP contribution < -0.4 is 10.6 Å². The standard InChI is InChI=1S/C18H24N4O2S2/c1-21-5-7-22(8-6-21)16(14-4-10-25-13-14)12-20-18(24)17(23)19-11-15-3-2-9-26-15/h2-4,9-10,13,16H,5-8,11-12H2,1H3,(H,19,23)(H,20,24). The normalized spacial score (nSPS) is 17.0. The second kappa shape index (κ2) is 9.27. The fourth-order valence-electron chi connectivity index (χ4n) is 2.99. The van der Waals surface area contributed by atoms with Crippen LogP contribution in [0.15, 0.2) is 34.3 Å². The predicted molar refractivity (Wildman–Crippen MR) is 105 cm³/mol. The molecule has 0 saturated carbocycles. The van der Waals surface area contributed by atoms with Crippen molar-refractivity contribution in [2.45, 2.75) is 12.6 Å². The zero-order valence-electron chi connectivity index (χ0n) is 14.8. The van der Waals surface area contributed by atoms with Gasteiger partial charge in [0, 0.05) is 37.6 Å². The molecule has 140 valence electrons. The highest BCUT2D eigenvalue weighted by Crippen LogP contribution is 2.23. The highest BCUT2D eigenvalue weighted by Gasteiger charge is 2.25. The van der Waals surface area contributed by atoms with Gasteiger partial charge in [0.2, 0.25) is 0 Å². The number of piperazine rings is 1. The maximum absolute atomic E-state index is 12.2. The number of amides is 2. The van der Waals surface area contributed by atoms with Gasteiger partial charge in [-0.25, -0.2) is 0 Å². The van der Waals surface area contributed by atoms with Gasteiger partial charge in [-0.1, -0.05) is 6.07 Å². The summed E-state index contributed by atoms with van der Waals surface area (Å²) in [7, 11) is 2.12. The van der Waals surface area contributed by atoms with Crippen molar-refractivity contribution in [1.29, 1.82) is 0 Å². The van der Waals surface area contributed by atoms with Gasteiger partial charge in [-0.3, -0.25) is 14.5 Å². The van der Waals surface area contributed by atoms with Gasteiger partial charge in [0.25, 0.3) is 0 Å². The maximum atomic E-state index is 12.2. The van der Waals surface area contributed by atoms with Crippen molar-refractivity contribution in [3.8, 4) is 0 Å². The second-order valence-corrected chi connectivity index (χ2v) is 8.20. The molecular weight excluding hydrogens is 368 g/mol. The Kier molecular flexibility index (Phi) is 6.79. The van der Waals surface area contributed by atoms with Gasteiger partial charge in [-0.2, -0.15) is 11.3 Å². The number of hydrogen-bond donors (Lipinski definition) is 2. The lowest BCUT2D eigenvalue weighted by atomic mass is 10.1. The van der Waals surface area contributed by atoms with E-state index in [0.29, 0.717) is 13.1 Å². The lowest BCUT2D eigenvalue weighted by molar-refractivity contribution is -0.139. The summed E-state index contributed by atoms with van der Waals surface area (Å²) in [6.45, 7) is 4.75. The number of rotatable bonds is 6. The van der Waals surface area contributed by atoms with Crippen LogP contribution >= 0.6 is 22.7 Å². The van der Waals surface area contributed by atoms with Crippen molar-refractivity contribution in [3.63, 3.8) is 0 Å². The third-order valence-electron chi connectivity index (χ3n) is 4.57. The number of nitrogens with one attached hydrogen (secondary N) is 2. The SMILES string of the molecule is CN1CCN(C(CNC(=O)C(=O)NCc2cccs2)c2ccsc2)CC1. The van der Waals surface area contributed by atoms with Crippen molar-refractivity contribution >= 4 is 34.5 Å². The van der Waals surface area contributed by atoms with E-state index in [1.807, 2.05) is 22.9 Å². The van der Waals surface area contributed by atoms with Crippen LogP contribution in [-0.2, 0) is 16.1 Å². The number of nitrogens with zero attached hydrogens (tertiary/aromatic N) is 2. The zero-order valence-corrected chi connectivity index (χ0v) is 16.4. The molecule has 0 aliphatic carbocycles. The molecule has 1 aliphatic rings. The minimum Gasteiger partial charge on any atom is -0.346 e. The molecule has 6 nitrogen and oxygen atoms in total. The summed E-state index contributed by atoms with van der Waals surface area (Å²) in [5.41, 5.74) is 1.19. The summed E-state index contributed by atoms with van der Waals surface area (Å²) in [5, 5.41) is 11.6. The minimum absolute atomic E-state index is 0.101. The van der Waals surface area contributed by atoms with Crippen LogP contribution in [0.2, 0.25) is 0 Å². The molecule has 0 spiro atoms. The van der Waals surface area contributed by atoms with Crippen molar-refractivity contribution in [2.24, 2.45) is 0 Å². The van der Waals surface area contributed by atoms with Gasteiger partial charge in [0.05, 0.1) is 12.6 Å². The summed E-state index contributed by atoms with van der Waals surface area (Å²) >= 11 is 3.21. The van der Waals surface area contributed by atoms with Crippen LogP contribution in [0.3, 0.4) is 0 Å². The first-order valence-corrected chi connectivity index (χ1v) is 10.5. The first kappa shape index (κ1) is 19.0. The van der Waals surface area contributed by atoms with Crippen LogP contribution in [0.5, 0.6) is 0 Å². The number of hydrogen-bond acceptors (Lipinski definition) is 6. The Morgan fingerprint density at radius 2 is 1.88 bits per heavy atom. The van der Waals surface area contributed by atoms with Gasteiger partial charge >= 0.3 is 11.8 Å². The minimum atomic E-state index is -0.583. The van der Waals surface area contributed by atoms with E-state index in [0.717, 1.165) is 31.1 Å². The average Bonchev–Trinajstić information content (AvgIpc) is 3.35. The van der Waals surface area contributed by atoms with Crippen molar-refractivity contribution in [2.75, 3.05) is 39.8 Å². The Bertz CT molecular complexity index is 695. The Morgan fingerprint density at radius 3 is 2.54 bits per heavy atom. The molecule has 1 saturated heterocycles. The van der Waals surface area contributed by atoms with Gasteiger partial charge in [0.15, 0.2) is 0 Å². The predicted octanol–water partition coefficient (Wildman–Crippen LogP) is 1.53. The quantitative estimate of drug-likeness (QED) is 0.732. The van der Waals surface area contributed by atoms with E-state index in [-0.39, 0.29) is 6.04 Å². The smallest absolute Gasteiger partial charge is 0.309 e. The Labute approximate surface area is 161 Å². The summed E-state index contributed by atoms with van der Waals surface area (Å²) in [5.74, 6) is -1.16. The van der Waals surface area contributed by atoms with Gasteiger partial charge in [0.1, 0.15) is 0 Å². The Morgan fingerprint density at radius 1 is 1.12 bits per heavy atom. The molecule has 8 heteroatoms. The van der Waals surface area contributed by atoms with Crippen molar-refractivity contribution < 1.29 is 9.59 Å². The number of likely N-dealkylation sites (N-methyl/N-ethyl adjacent to an activating group) is 1. The Balaban J connectivity index is 1.53. The van der Waals surface area contributed by atoms with Gasteiger partial charge in [-0.05, 0) is 40.9 Å². The largest absolute Gasteiger partial charge is 0.346 e. The van der Waals surface area contributed by atoms with Crippen LogP contribution in [0.4, 0.5) is 0 Å². The fraction of sp³-hybridized carbons (Fsp3) is 0.444. The molecule has 0 bridgehead atoms. The van der Waals surface area contributed by atoms with E-state index in [2.05, 4.69) is 38.9 Å². The van der Waals surface area contributed by atoms with Gasteiger partial charge < -0.3 is 15.5 Å². The van der Waals surface area contributed by atoms with E-state index < -0.39 is 11.8 Å². The molecule has 2 N–H and O–H groups in total. The van der Waals surface area contributed by atoms with E-state index >= 15 is 0 Å². The van der Waals surface area contributed by atoms with Crippen LogP contribution in [0, 0.1) is 0 Å². The van der Waals surface area contributed by atoms with Crippen molar-refractivity contribution in [1.82, 2.24) is 20.4 Å². The molecule has 2 aromatic rings. The van der Waals surface area contributed by atoms with Gasteiger partial charge in [-0.15, -0.1) is 11.3 Å². The average molecular weight is 393 g/mol. The van der Waals surface area contributed by atoms with E-state index in [9.17, 15) is 9.59 Å². The molecule has 1 aliphatic heterocycles. The molecule has 3 rings (SSSR count). The molecule has 1 atom stereocenters. The third-order valence-corrected chi connectivity index (χ3v) is 6.15. The second-order valence-electron chi connectivity index (χ2n) is 6.38. The maximum Gasteiger partial charge on any atom is 0.309 e. The molecule has 1 fully saturated rings. The molecule has 0 aromatic carbocycles. The molecular formula is C18H24N4O2S2. The van der Waals surface area contributed by atoms with E-state index in [1.165, 1.54) is 5.56 Å². The third kappa shape index (κ3) is 5.14. The fourth-order valence-corrected chi connectivity index (χ4v) is 4.34. The highest BCUT2D eigenvalue weighted by atomic mass is 32.1. The number of carbonyl (C=O) groups excluding carboxylic acids is 2. The molecule has 0 radical (unpaired) electrons. The first-order valence-electron chi connectivity index (χ1n) is 8.66. The van der Waals surface area contributed by atoms with E-state index in [4.69, 9.17) is 0 Å². The van der Waals surface area contributed by atoms with Crippen molar-refractivity contribution in [3.05, 3.63) is 44.8 Å². The van der Waals surface area contributed by atoms with Crippen LogP contribution in [0.1, 0.15) is 16.5 Å². The molecule has 26 heavy (non-hydrogen) atoms. The zero-order chi connectivity index (χ0) is 18.4. The number of thiophene rings is 2. The lowest BCUT2D eigenvalue weighted by Gasteiger charge is -2.37.